The van der Waals surface area contributed by atoms with Gasteiger partial charge in [0.05, 0.1) is 23.2 Å². The van der Waals surface area contributed by atoms with E-state index in [9.17, 15) is 4.79 Å². The largest absolute Gasteiger partial charge is 0.479 e. The molecule has 3 aromatic rings. The zero-order valence-corrected chi connectivity index (χ0v) is 14.6. The predicted octanol–water partition coefficient (Wildman–Crippen LogP) is 4.29. The SMILES string of the molecule is CCOC(=O)c1c2ccc(OCC#N)cc2n2c(C(C)C)cccc12. The van der Waals surface area contributed by atoms with Gasteiger partial charge in [-0.2, -0.15) is 5.26 Å². The first kappa shape index (κ1) is 16.8. The Morgan fingerprint density at radius 2 is 2.04 bits per heavy atom. The molecule has 0 saturated carbocycles. The molecule has 0 aliphatic carbocycles. The van der Waals surface area contributed by atoms with Crippen LogP contribution in [0.3, 0.4) is 0 Å². The smallest absolute Gasteiger partial charge is 0.340 e. The molecule has 5 heteroatoms. The standard InChI is InChI=1S/C20H20N2O3/c1-4-24-20(23)19-15-9-8-14(25-11-10-21)12-18(15)22-16(13(2)3)6-5-7-17(19)22/h5-9,12-13H,4,11H2,1-3H3. The summed E-state index contributed by atoms with van der Waals surface area (Å²) in [4.78, 5) is 12.6. The van der Waals surface area contributed by atoms with E-state index in [0.29, 0.717) is 17.9 Å². The topological polar surface area (TPSA) is 63.7 Å². The van der Waals surface area contributed by atoms with Gasteiger partial charge < -0.3 is 13.9 Å². The maximum absolute atomic E-state index is 12.6. The number of carbonyl (C=O) groups excluding carboxylic acids is 1. The Morgan fingerprint density at radius 3 is 2.72 bits per heavy atom. The summed E-state index contributed by atoms with van der Waals surface area (Å²) in [6.07, 6.45) is 0. The van der Waals surface area contributed by atoms with Crippen LogP contribution in [0.25, 0.3) is 16.4 Å². The maximum Gasteiger partial charge on any atom is 0.340 e. The third kappa shape index (κ3) is 2.91. The molecule has 1 aromatic carbocycles. The number of carbonyl (C=O) groups is 1. The van der Waals surface area contributed by atoms with Crippen molar-refractivity contribution >= 4 is 22.4 Å². The molecule has 0 radical (unpaired) electrons. The molecule has 0 N–H and O–H groups in total. The molecular formula is C20H20N2O3. The average Bonchev–Trinajstić information content (AvgIpc) is 2.93. The first-order valence-electron chi connectivity index (χ1n) is 8.32. The van der Waals surface area contributed by atoms with Crippen molar-refractivity contribution in [2.75, 3.05) is 13.2 Å². The molecular weight excluding hydrogens is 316 g/mol. The highest BCUT2D eigenvalue weighted by atomic mass is 16.5. The second-order valence-corrected chi connectivity index (χ2v) is 6.05. The number of esters is 1. The molecule has 0 spiro atoms. The third-order valence-corrected chi connectivity index (χ3v) is 4.13. The van der Waals surface area contributed by atoms with Crippen LogP contribution in [0.4, 0.5) is 0 Å². The number of nitrogens with zero attached hydrogens (tertiary/aromatic N) is 2. The molecule has 0 amide bonds. The molecule has 3 rings (SSSR count). The van der Waals surface area contributed by atoms with E-state index in [2.05, 4.69) is 24.3 Å². The van der Waals surface area contributed by atoms with Gasteiger partial charge in [0, 0.05) is 17.1 Å². The number of nitriles is 1. The van der Waals surface area contributed by atoms with Gasteiger partial charge in [-0.25, -0.2) is 4.79 Å². The van der Waals surface area contributed by atoms with Crippen LogP contribution in [0.2, 0.25) is 0 Å². The van der Waals surface area contributed by atoms with Crippen molar-refractivity contribution in [2.45, 2.75) is 26.7 Å². The van der Waals surface area contributed by atoms with Crippen LogP contribution in [0.5, 0.6) is 5.75 Å². The Labute approximate surface area is 146 Å². The van der Waals surface area contributed by atoms with Crippen LogP contribution < -0.4 is 4.74 Å². The normalized spacial score (nSPS) is 11.0. The lowest BCUT2D eigenvalue weighted by Gasteiger charge is -2.11. The van der Waals surface area contributed by atoms with E-state index < -0.39 is 0 Å². The van der Waals surface area contributed by atoms with E-state index in [1.54, 1.807) is 13.0 Å². The van der Waals surface area contributed by atoms with Crippen molar-refractivity contribution in [3.05, 3.63) is 47.7 Å². The molecule has 0 aliphatic rings. The summed E-state index contributed by atoms with van der Waals surface area (Å²) < 4.78 is 12.8. The molecule has 25 heavy (non-hydrogen) atoms. The summed E-state index contributed by atoms with van der Waals surface area (Å²) in [5.74, 6) is 0.544. The Morgan fingerprint density at radius 1 is 1.24 bits per heavy atom. The summed E-state index contributed by atoms with van der Waals surface area (Å²) in [5, 5.41) is 9.54. The van der Waals surface area contributed by atoms with Gasteiger partial charge >= 0.3 is 5.97 Å². The summed E-state index contributed by atoms with van der Waals surface area (Å²) in [6.45, 7) is 6.33. The molecule has 5 nitrogen and oxygen atoms in total. The fourth-order valence-electron chi connectivity index (χ4n) is 3.11. The van der Waals surface area contributed by atoms with E-state index >= 15 is 0 Å². The summed E-state index contributed by atoms with van der Waals surface area (Å²) in [5.41, 5.74) is 3.34. The zero-order chi connectivity index (χ0) is 18.0. The van der Waals surface area contributed by atoms with Gasteiger partial charge in [-0.05, 0) is 37.1 Å². The second kappa shape index (κ2) is 6.86. The van der Waals surface area contributed by atoms with Crippen LogP contribution in [-0.2, 0) is 4.74 Å². The minimum absolute atomic E-state index is 0.0173. The summed E-state index contributed by atoms with van der Waals surface area (Å²) in [7, 11) is 0. The van der Waals surface area contributed by atoms with Crippen molar-refractivity contribution in [2.24, 2.45) is 0 Å². The number of rotatable bonds is 5. The minimum Gasteiger partial charge on any atom is -0.479 e. The van der Waals surface area contributed by atoms with Crippen molar-refractivity contribution in [1.29, 1.82) is 5.26 Å². The fourth-order valence-corrected chi connectivity index (χ4v) is 3.11. The zero-order valence-electron chi connectivity index (χ0n) is 14.6. The molecule has 0 aliphatic heterocycles. The number of fused-ring (bicyclic) bond motifs is 3. The third-order valence-electron chi connectivity index (χ3n) is 4.13. The number of hydrogen-bond donors (Lipinski definition) is 0. The molecule has 0 unspecified atom stereocenters. The Bertz CT molecular complexity index is 980. The number of hydrogen-bond acceptors (Lipinski definition) is 4. The number of benzene rings is 1. The van der Waals surface area contributed by atoms with Gasteiger partial charge in [0.2, 0.25) is 0 Å². The Balaban J connectivity index is 2.36. The highest BCUT2D eigenvalue weighted by Gasteiger charge is 2.21. The molecule has 2 aromatic heterocycles. The van der Waals surface area contributed by atoms with Gasteiger partial charge in [-0.3, -0.25) is 0 Å². The van der Waals surface area contributed by atoms with Crippen molar-refractivity contribution in [1.82, 2.24) is 4.40 Å². The highest BCUT2D eigenvalue weighted by Crippen LogP contribution is 2.33. The lowest BCUT2D eigenvalue weighted by atomic mass is 10.1. The van der Waals surface area contributed by atoms with Crippen LogP contribution in [0.1, 0.15) is 42.7 Å². The van der Waals surface area contributed by atoms with Crippen LogP contribution in [0, 0.1) is 11.3 Å². The first-order chi connectivity index (χ1) is 12.1. The highest BCUT2D eigenvalue weighted by molar-refractivity contribution is 6.12. The molecule has 0 bridgehead atoms. The van der Waals surface area contributed by atoms with E-state index in [1.807, 2.05) is 30.3 Å². The van der Waals surface area contributed by atoms with Crippen molar-refractivity contribution < 1.29 is 14.3 Å². The number of pyridine rings is 1. The second-order valence-electron chi connectivity index (χ2n) is 6.05. The lowest BCUT2D eigenvalue weighted by molar-refractivity contribution is 0.0531. The quantitative estimate of drug-likeness (QED) is 0.652. The van der Waals surface area contributed by atoms with E-state index in [-0.39, 0.29) is 18.5 Å². The Kier molecular flexibility index (Phi) is 4.62. The summed E-state index contributed by atoms with van der Waals surface area (Å²) >= 11 is 0. The monoisotopic (exact) mass is 336 g/mol. The van der Waals surface area contributed by atoms with Crippen LogP contribution in [-0.4, -0.2) is 23.6 Å². The van der Waals surface area contributed by atoms with Crippen LogP contribution >= 0.6 is 0 Å². The van der Waals surface area contributed by atoms with E-state index in [4.69, 9.17) is 14.7 Å². The van der Waals surface area contributed by atoms with Crippen molar-refractivity contribution in [3.8, 4) is 11.8 Å². The number of ether oxygens (including phenoxy) is 2. The van der Waals surface area contributed by atoms with Gasteiger partial charge in [-0.1, -0.05) is 19.9 Å². The molecule has 2 heterocycles. The lowest BCUT2D eigenvalue weighted by Crippen LogP contribution is -2.05. The van der Waals surface area contributed by atoms with E-state index in [0.717, 1.165) is 22.1 Å². The molecule has 0 fully saturated rings. The van der Waals surface area contributed by atoms with Gasteiger partial charge in [0.25, 0.3) is 0 Å². The maximum atomic E-state index is 12.6. The number of aromatic nitrogens is 1. The average molecular weight is 336 g/mol. The van der Waals surface area contributed by atoms with Gasteiger partial charge in [0.1, 0.15) is 11.8 Å². The molecule has 128 valence electrons. The summed E-state index contributed by atoms with van der Waals surface area (Å²) in [6, 6.07) is 13.4. The van der Waals surface area contributed by atoms with Gasteiger partial charge in [-0.15, -0.1) is 0 Å². The predicted molar refractivity (Wildman–Crippen MR) is 96.1 cm³/mol. The molecule has 0 atom stereocenters. The van der Waals surface area contributed by atoms with E-state index in [1.165, 1.54) is 0 Å². The van der Waals surface area contributed by atoms with Crippen molar-refractivity contribution in [3.63, 3.8) is 0 Å². The minimum atomic E-state index is -0.332. The molecule has 0 saturated heterocycles. The first-order valence-corrected chi connectivity index (χ1v) is 8.32. The Hall–Kier alpha value is -3.00. The fraction of sp³-hybridized carbons (Fsp3) is 0.300. The van der Waals surface area contributed by atoms with Crippen LogP contribution in [0.15, 0.2) is 36.4 Å². The van der Waals surface area contributed by atoms with Gasteiger partial charge in [0.15, 0.2) is 6.61 Å².